The third-order valence-electron chi connectivity index (χ3n) is 4.76. The second kappa shape index (κ2) is 8.53. The molecule has 0 aliphatic carbocycles. The molecular weight excluding hydrogens is 378 g/mol. The molecule has 150 valence electrons. The van der Waals surface area contributed by atoms with Crippen LogP contribution in [0, 0.1) is 0 Å². The molecule has 6 heteroatoms. The Morgan fingerprint density at radius 3 is 2.10 bits per heavy atom. The zero-order chi connectivity index (χ0) is 20.9. The van der Waals surface area contributed by atoms with Gasteiger partial charge < -0.3 is 14.8 Å². The monoisotopic (exact) mass is 399 g/mol. The summed E-state index contributed by atoms with van der Waals surface area (Å²) >= 11 is 0. The molecule has 6 nitrogen and oxygen atoms in total. The van der Waals surface area contributed by atoms with E-state index in [1.165, 1.54) is 7.11 Å². The zero-order valence-electron chi connectivity index (χ0n) is 16.7. The van der Waals surface area contributed by atoms with Crippen LogP contribution in [0.5, 0.6) is 11.5 Å². The number of nitrogens with zero attached hydrogens (tertiary/aromatic N) is 1. The number of ether oxygens (including phenoxy) is 2. The van der Waals surface area contributed by atoms with Crippen LogP contribution in [0.2, 0.25) is 0 Å². The molecule has 30 heavy (non-hydrogen) atoms. The fourth-order valence-electron chi connectivity index (χ4n) is 3.25. The molecule has 1 amide bonds. The SMILES string of the molecule is COc1ccc(C(=O)Nc2c(-c3ccccc3)n[nH]c2-c2ccccc2)cc1OC. The van der Waals surface area contributed by atoms with Gasteiger partial charge in [-0.25, -0.2) is 0 Å². The third-order valence-corrected chi connectivity index (χ3v) is 4.76. The molecule has 0 aliphatic rings. The lowest BCUT2D eigenvalue weighted by Gasteiger charge is -2.11. The molecule has 0 unspecified atom stereocenters. The maximum atomic E-state index is 13.1. The predicted octanol–water partition coefficient (Wildman–Crippen LogP) is 5.01. The molecule has 0 saturated heterocycles. The van der Waals surface area contributed by atoms with Gasteiger partial charge in [0.2, 0.25) is 0 Å². The number of aromatic nitrogens is 2. The summed E-state index contributed by atoms with van der Waals surface area (Å²) in [5.74, 6) is 0.780. The van der Waals surface area contributed by atoms with Gasteiger partial charge in [-0.15, -0.1) is 0 Å². The summed E-state index contributed by atoms with van der Waals surface area (Å²) in [4.78, 5) is 13.1. The van der Waals surface area contributed by atoms with Gasteiger partial charge in [0.05, 0.1) is 25.6 Å². The van der Waals surface area contributed by atoms with Crippen molar-refractivity contribution in [1.29, 1.82) is 0 Å². The van der Waals surface area contributed by atoms with E-state index in [0.29, 0.717) is 28.4 Å². The summed E-state index contributed by atoms with van der Waals surface area (Å²) < 4.78 is 10.6. The fraction of sp³-hybridized carbons (Fsp3) is 0.0833. The number of aromatic amines is 1. The highest BCUT2D eigenvalue weighted by atomic mass is 16.5. The van der Waals surface area contributed by atoms with Crippen LogP contribution in [-0.2, 0) is 0 Å². The molecule has 0 atom stereocenters. The molecule has 4 aromatic rings. The van der Waals surface area contributed by atoms with E-state index in [1.54, 1.807) is 25.3 Å². The van der Waals surface area contributed by atoms with Gasteiger partial charge >= 0.3 is 0 Å². The Morgan fingerprint density at radius 1 is 0.833 bits per heavy atom. The van der Waals surface area contributed by atoms with E-state index >= 15 is 0 Å². The molecule has 2 N–H and O–H groups in total. The molecule has 0 spiro atoms. The minimum atomic E-state index is -0.272. The number of carbonyl (C=O) groups excluding carboxylic acids is 1. The number of methoxy groups -OCH3 is 2. The van der Waals surface area contributed by atoms with Gasteiger partial charge in [-0.2, -0.15) is 5.10 Å². The van der Waals surface area contributed by atoms with Crippen molar-refractivity contribution in [3.63, 3.8) is 0 Å². The van der Waals surface area contributed by atoms with Crippen LogP contribution in [0.3, 0.4) is 0 Å². The van der Waals surface area contributed by atoms with Crippen molar-refractivity contribution in [1.82, 2.24) is 10.2 Å². The average Bonchev–Trinajstić information content (AvgIpc) is 3.23. The van der Waals surface area contributed by atoms with E-state index in [1.807, 2.05) is 60.7 Å². The molecule has 0 aliphatic heterocycles. The standard InChI is InChI=1S/C24H21N3O3/c1-29-19-14-13-18(15-20(19)30-2)24(28)25-23-21(16-9-5-3-6-10-16)26-27-22(23)17-11-7-4-8-12-17/h3-15H,1-2H3,(H,25,28)(H,26,27). The summed E-state index contributed by atoms with van der Waals surface area (Å²) in [7, 11) is 3.10. The van der Waals surface area contributed by atoms with Gasteiger partial charge in [-0.1, -0.05) is 60.7 Å². The largest absolute Gasteiger partial charge is 0.493 e. The first-order chi connectivity index (χ1) is 14.7. The number of rotatable bonds is 6. The summed E-state index contributed by atoms with van der Waals surface area (Å²) in [6.45, 7) is 0. The molecule has 4 rings (SSSR count). The first-order valence-electron chi connectivity index (χ1n) is 9.44. The van der Waals surface area contributed by atoms with Crippen LogP contribution in [0.15, 0.2) is 78.9 Å². The van der Waals surface area contributed by atoms with Gasteiger partial charge in [-0.3, -0.25) is 9.89 Å². The van der Waals surface area contributed by atoms with Crippen molar-refractivity contribution in [3.8, 4) is 34.0 Å². The van der Waals surface area contributed by atoms with Gasteiger partial charge in [0.1, 0.15) is 5.69 Å². The van der Waals surface area contributed by atoms with Crippen LogP contribution in [0.1, 0.15) is 10.4 Å². The quantitative estimate of drug-likeness (QED) is 0.478. The Labute approximate surface area is 174 Å². The van der Waals surface area contributed by atoms with Crippen molar-refractivity contribution in [2.75, 3.05) is 19.5 Å². The molecule has 1 heterocycles. The van der Waals surface area contributed by atoms with Gasteiger partial charge in [-0.05, 0) is 18.2 Å². The highest BCUT2D eigenvalue weighted by Crippen LogP contribution is 2.35. The zero-order valence-corrected chi connectivity index (χ0v) is 16.7. The first kappa shape index (κ1) is 19.3. The third kappa shape index (κ3) is 3.75. The van der Waals surface area contributed by atoms with Crippen LogP contribution in [-0.4, -0.2) is 30.3 Å². The van der Waals surface area contributed by atoms with E-state index in [4.69, 9.17) is 9.47 Å². The number of hydrogen-bond acceptors (Lipinski definition) is 4. The number of benzene rings is 3. The highest BCUT2D eigenvalue weighted by Gasteiger charge is 2.20. The molecule has 3 aromatic carbocycles. The highest BCUT2D eigenvalue weighted by molar-refractivity contribution is 6.08. The fourth-order valence-corrected chi connectivity index (χ4v) is 3.25. The number of amides is 1. The maximum Gasteiger partial charge on any atom is 0.255 e. The summed E-state index contributed by atoms with van der Waals surface area (Å²) in [6.07, 6.45) is 0. The average molecular weight is 399 g/mol. The van der Waals surface area contributed by atoms with E-state index in [9.17, 15) is 4.79 Å². The second-order valence-electron chi connectivity index (χ2n) is 6.58. The normalized spacial score (nSPS) is 10.5. The lowest BCUT2D eigenvalue weighted by molar-refractivity contribution is 0.102. The second-order valence-corrected chi connectivity index (χ2v) is 6.58. The minimum absolute atomic E-state index is 0.272. The van der Waals surface area contributed by atoms with Crippen molar-refractivity contribution in [2.24, 2.45) is 0 Å². The number of nitrogens with one attached hydrogen (secondary N) is 2. The van der Waals surface area contributed by atoms with Crippen molar-refractivity contribution in [2.45, 2.75) is 0 Å². The van der Waals surface area contributed by atoms with Gasteiger partial charge in [0.15, 0.2) is 11.5 Å². The molecule has 0 fully saturated rings. The summed E-state index contributed by atoms with van der Waals surface area (Å²) in [5.41, 5.74) is 4.30. The smallest absolute Gasteiger partial charge is 0.255 e. The molecule has 0 bridgehead atoms. The molecular formula is C24H21N3O3. The predicted molar refractivity (Wildman–Crippen MR) is 117 cm³/mol. The first-order valence-corrected chi connectivity index (χ1v) is 9.44. The molecule has 0 saturated carbocycles. The van der Waals surface area contributed by atoms with Gasteiger partial charge in [0, 0.05) is 16.7 Å². The number of anilines is 1. The van der Waals surface area contributed by atoms with Gasteiger partial charge in [0.25, 0.3) is 5.91 Å². The summed E-state index contributed by atoms with van der Waals surface area (Å²) in [6, 6.07) is 24.5. The Hall–Kier alpha value is -4.06. The Kier molecular flexibility index (Phi) is 5.48. The van der Waals surface area contributed by atoms with Crippen molar-refractivity contribution >= 4 is 11.6 Å². The van der Waals surface area contributed by atoms with Crippen LogP contribution in [0.25, 0.3) is 22.5 Å². The van der Waals surface area contributed by atoms with E-state index < -0.39 is 0 Å². The van der Waals surface area contributed by atoms with E-state index in [2.05, 4.69) is 15.5 Å². The minimum Gasteiger partial charge on any atom is -0.493 e. The van der Waals surface area contributed by atoms with E-state index in [0.717, 1.165) is 16.8 Å². The van der Waals surface area contributed by atoms with E-state index in [-0.39, 0.29) is 5.91 Å². The van der Waals surface area contributed by atoms with Crippen LogP contribution >= 0.6 is 0 Å². The van der Waals surface area contributed by atoms with Crippen molar-refractivity contribution in [3.05, 3.63) is 84.4 Å². The summed E-state index contributed by atoms with van der Waals surface area (Å²) in [5, 5.41) is 10.6. The number of H-pyrrole nitrogens is 1. The van der Waals surface area contributed by atoms with Crippen molar-refractivity contribution < 1.29 is 14.3 Å². The number of carbonyl (C=O) groups is 1. The van der Waals surface area contributed by atoms with Crippen LogP contribution in [0.4, 0.5) is 5.69 Å². The topological polar surface area (TPSA) is 76.2 Å². The Balaban J connectivity index is 1.75. The lowest BCUT2D eigenvalue weighted by atomic mass is 10.1. The molecule has 1 aromatic heterocycles. The Morgan fingerprint density at radius 2 is 1.47 bits per heavy atom. The lowest BCUT2D eigenvalue weighted by Crippen LogP contribution is -2.13. The van der Waals surface area contributed by atoms with Crippen LogP contribution < -0.4 is 14.8 Å². The number of hydrogen-bond donors (Lipinski definition) is 2. The maximum absolute atomic E-state index is 13.1. The Bertz CT molecular complexity index is 1100. The molecule has 0 radical (unpaired) electrons.